The first-order valence-corrected chi connectivity index (χ1v) is 8.90. The summed E-state index contributed by atoms with van der Waals surface area (Å²) in [5.41, 5.74) is 0.950. The molecule has 0 saturated carbocycles. The van der Waals surface area contributed by atoms with Crippen molar-refractivity contribution >= 4 is 5.97 Å². The summed E-state index contributed by atoms with van der Waals surface area (Å²) in [6, 6.07) is 23.7. The number of para-hydroxylation sites is 2. The van der Waals surface area contributed by atoms with Crippen LogP contribution in [0.25, 0.3) is 11.3 Å². The third kappa shape index (κ3) is 4.32. The summed E-state index contributed by atoms with van der Waals surface area (Å²) in [4.78, 5) is 12.5. The number of hydrogen-bond acceptors (Lipinski definition) is 5. The van der Waals surface area contributed by atoms with Crippen LogP contribution in [0.2, 0.25) is 0 Å². The van der Waals surface area contributed by atoms with Crippen LogP contribution in [0.4, 0.5) is 4.39 Å². The minimum absolute atomic E-state index is 0.115. The lowest BCUT2D eigenvalue weighted by Crippen LogP contribution is -2.07. The average Bonchev–Trinajstić information content (AvgIpc) is 3.22. The van der Waals surface area contributed by atoms with Gasteiger partial charge in [0.1, 0.15) is 35.2 Å². The van der Waals surface area contributed by atoms with Gasteiger partial charge in [0.2, 0.25) is 0 Å². The summed E-state index contributed by atoms with van der Waals surface area (Å²) in [6.45, 7) is -0.115. The molecule has 0 N–H and O–H groups in total. The second-order valence-corrected chi connectivity index (χ2v) is 6.15. The molecule has 0 fully saturated rings. The number of rotatable bonds is 6. The Kier molecular flexibility index (Phi) is 5.33. The number of aromatic nitrogens is 1. The summed E-state index contributed by atoms with van der Waals surface area (Å²) < 4.78 is 30.1. The lowest BCUT2D eigenvalue weighted by molar-refractivity contribution is 0.0461. The molecule has 4 aromatic rings. The molecule has 5 nitrogen and oxygen atoms in total. The fraction of sp³-hybridized carbons (Fsp3) is 0.0435. The Balaban J connectivity index is 1.45. The lowest BCUT2D eigenvalue weighted by atomic mass is 10.1. The molecule has 0 amide bonds. The molecule has 0 radical (unpaired) electrons. The summed E-state index contributed by atoms with van der Waals surface area (Å²) >= 11 is 0. The summed E-state index contributed by atoms with van der Waals surface area (Å²) in [5.74, 6) is 0.280. The van der Waals surface area contributed by atoms with E-state index < -0.39 is 11.8 Å². The van der Waals surface area contributed by atoms with E-state index in [1.165, 1.54) is 12.1 Å². The average molecular weight is 389 g/mol. The van der Waals surface area contributed by atoms with E-state index in [9.17, 15) is 9.18 Å². The van der Waals surface area contributed by atoms with E-state index in [1.54, 1.807) is 54.6 Å². The first-order valence-electron chi connectivity index (χ1n) is 8.90. The quantitative estimate of drug-likeness (QED) is 0.400. The number of halogens is 1. The molecule has 144 valence electrons. The number of esters is 1. The van der Waals surface area contributed by atoms with Crippen molar-refractivity contribution in [3.63, 3.8) is 0 Å². The predicted molar refractivity (Wildman–Crippen MR) is 104 cm³/mol. The normalized spacial score (nSPS) is 10.5. The van der Waals surface area contributed by atoms with Crippen molar-refractivity contribution in [3.8, 4) is 22.8 Å². The van der Waals surface area contributed by atoms with Crippen molar-refractivity contribution in [2.45, 2.75) is 6.61 Å². The van der Waals surface area contributed by atoms with Gasteiger partial charge in [0.15, 0.2) is 5.76 Å². The van der Waals surface area contributed by atoms with Gasteiger partial charge < -0.3 is 14.0 Å². The summed E-state index contributed by atoms with van der Waals surface area (Å²) in [6.07, 6.45) is 0. The summed E-state index contributed by atoms with van der Waals surface area (Å²) in [7, 11) is 0. The molecule has 0 aliphatic rings. The van der Waals surface area contributed by atoms with Gasteiger partial charge in [0.25, 0.3) is 0 Å². The Morgan fingerprint density at radius 1 is 0.931 bits per heavy atom. The SMILES string of the molecule is O=C(OCc1cc(-c2ccccc2F)on1)c1ccccc1Oc1ccccc1. The first-order chi connectivity index (χ1) is 14.2. The van der Waals surface area contributed by atoms with Crippen LogP contribution in [0.1, 0.15) is 16.1 Å². The van der Waals surface area contributed by atoms with Crippen LogP contribution in [0, 0.1) is 5.82 Å². The van der Waals surface area contributed by atoms with E-state index in [4.69, 9.17) is 14.0 Å². The molecular formula is C23H16FNO4. The molecule has 0 saturated heterocycles. The van der Waals surface area contributed by atoms with Gasteiger partial charge in [-0.25, -0.2) is 9.18 Å². The van der Waals surface area contributed by atoms with Crippen LogP contribution in [-0.4, -0.2) is 11.1 Å². The van der Waals surface area contributed by atoms with E-state index in [-0.39, 0.29) is 17.9 Å². The van der Waals surface area contributed by atoms with Gasteiger partial charge >= 0.3 is 5.97 Å². The van der Waals surface area contributed by atoms with E-state index >= 15 is 0 Å². The highest BCUT2D eigenvalue weighted by molar-refractivity contribution is 5.92. The first kappa shape index (κ1) is 18.4. The molecular weight excluding hydrogens is 373 g/mol. The maximum absolute atomic E-state index is 13.9. The van der Waals surface area contributed by atoms with Crippen LogP contribution in [0.5, 0.6) is 11.5 Å². The topological polar surface area (TPSA) is 61.6 Å². The van der Waals surface area contributed by atoms with Gasteiger partial charge in [0, 0.05) is 6.07 Å². The van der Waals surface area contributed by atoms with Crippen molar-refractivity contribution in [2.75, 3.05) is 0 Å². The molecule has 0 aliphatic heterocycles. The number of hydrogen-bond donors (Lipinski definition) is 0. The van der Waals surface area contributed by atoms with Crippen molar-refractivity contribution in [3.05, 3.63) is 102 Å². The molecule has 1 aromatic heterocycles. The molecule has 0 aliphatic carbocycles. The van der Waals surface area contributed by atoms with Gasteiger partial charge in [-0.1, -0.05) is 47.6 Å². The van der Waals surface area contributed by atoms with Gasteiger partial charge in [-0.05, 0) is 36.4 Å². The smallest absolute Gasteiger partial charge is 0.342 e. The van der Waals surface area contributed by atoms with E-state index in [0.29, 0.717) is 22.8 Å². The maximum Gasteiger partial charge on any atom is 0.342 e. The minimum atomic E-state index is -0.563. The Morgan fingerprint density at radius 3 is 2.48 bits per heavy atom. The van der Waals surface area contributed by atoms with Gasteiger partial charge in [0.05, 0.1) is 5.56 Å². The number of nitrogens with zero attached hydrogens (tertiary/aromatic N) is 1. The third-order valence-corrected chi connectivity index (χ3v) is 4.13. The zero-order valence-electron chi connectivity index (χ0n) is 15.2. The Bertz CT molecular complexity index is 1120. The molecule has 0 unspecified atom stereocenters. The standard InChI is InChI=1S/C23H16FNO4/c24-20-12-6-4-10-18(20)22-14-16(25-29-22)15-27-23(26)19-11-5-7-13-21(19)28-17-8-2-1-3-9-17/h1-14H,15H2. The minimum Gasteiger partial charge on any atom is -0.456 e. The highest BCUT2D eigenvalue weighted by Crippen LogP contribution is 2.27. The molecule has 1 heterocycles. The van der Waals surface area contributed by atoms with Crippen LogP contribution < -0.4 is 4.74 Å². The van der Waals surface area contributed by atoms with Crippen LogP contribution in [-0.2, 0) is 11.3 Å². The predicted octanol–water partition coefficient (Wildman–Crippen LogP) is 5.63. The second kappa shape index (κ2) is 8.39. The zero-order valence-corrected chi connectivity index (χ0v) is 15.2. The molecule has 3 aromatic carbocycles. The number of ether oxygens (including phenoxy) is 2. The van der Waals surface area contributed by atoms with Gasteiger partial charge in [-0.15, -0.1) is 0 Å². The van der Waals surface area contributed by atoms with Gasteiger partial charge in [-0.3, -0.25) is 0 Å². The molecule has 0 spiro atoms. The van der Waals surface area contributed by atoms with Crippen LogP contribution in [0.3, 0.4) is 0 Å². The van der Waals surface area contributed by atoms with Crippen molar-refractivity contribution in [1.82, 2.24) is 5.16 Å². The van der Waals surface area contributed by atoms with Crippen molar-refractivity contribution < 1.29 is 23.2 Å². The van der Waals surface area contributed by atoms with E-state index in [1.807, 2.05) is 18.2 Å². The molecule has 29 heavy (non-hydrogen) atoms. The Hall–Kier alpha value is -3.93. The monoisotopic (exact) mass is 389 g/mol. The third-order valence-electron chi connectivity index (χ3n) is 4.13. The number of carbonyl (C=O) groups excluding carboxylic acids is 1. The Labute approximate surface area is 166 Å². The van der Waals surface area contributed by atoms with E-state index in [0.717, 1.165) is 0 Å². The summed E-state index contributed by atoms with van der Waals surface area (Å²) in [5, 5.41) is 3.84. The second-order valence-electron chi connectivity index (χ2n) is 6.15. The highest BCUT2D eigenvalue weighted by Gasteiger charge is 2.16. The molecule has 0 atom stereocenters. The largest absolute Gasteiger partial charge is 0.456 e. The van der Waals surface area contributed by atoms with Crippen LogP contribution in [0.15, 0.2) is 89.5 Å². The van der Waals surface area contributed by atoms with Gasteiger partial charge in [-0.2, -0.15) is 0 Å². The maximum atomic E-state index is 13.9. The Morgan fingerprint density at radius 2 is 1.66 bits per heavy atom. The number of benzene rings is 3. The zero-order chi connectivity index (χ0) is 20.1. The van der Waals surface area contributed by atoms with Crippen molar-refractivity contribution in [1.29, 1.82) is 0 Å². The van der Waals surface area contributed by atoms with Crippen molar-refractivity contribution in [2.24, 2.45) is 0 Å². The van der Waals surface area contributed by atoms with Crippen LogP contribution >= 0.6 is 0 Å². The molecule has 4 rings (SSSR count). The fourth-order valence-corrected chi connectivity index (χ4v) is 2.72. The lowest BCUT2D eigenvalue weighted by Gasteiger charge is -2.10. The molecule has 0 bridgehead atoms. The fourth-order valence-electron chi connectivity index (χ4n) is 2.72. The number of carbonyl (C=O) groups is 1. The highest BCUT2D eigenvalue weighted by atomic mass is 19.1. The van der Waals surface area contributed by atoms with E-state index in [2.05, 4.69) is 5.16 Å². The molecule has 6 heteroatoms.